The number of ether oxygens (including phenoxy) is 1. The number of hydrogen-bond donors (Lipinski definition) is 1. The topological polar surface area (TPSA) is 79.7 Å². The van der Waals surface area contributed by atoms with Gasteiger partial charge in [0.15, 0.2) is 0 Å². The molecule has 0 spiro atoms. The fourth-order valence-electron chi connectivity index (χ4n) is 4.52. The van der Waals surface area contributed by atoms with Crippen molar-refractivity contribution in [1.29, 1.82) is 0 Å². The Hall–Kier alpha value is -4.10. The van der Waals surface area contributed by atoms with Crippen molar-refractivity contribution in [3.63, 3.8) is 0 Å². The lowest BCUT2D eigenvalue weighted by Crippen LogP contribution is -2.32. The monoisotopic (exact) mass is 528 g/mol. The number of benzene rings is 3. The summed E-state index contributed by atoms with van der Waals surface area (Å²) in [6.45, 7) is 5.87. The second kappa shape index (κ2) is 11.5. The minimum Gasteiger partial charge on any atom is -0.492 e. The molecule has 1 aliphatic heterocycles. The van der Waals surface area contributed by atoms with Crippen molar-refractivity contribution in [2.75, 3.05) is 6.61 Å². The summed E-state index contributed by atoms with van der Waals surface area (Å²) < 4.78 is 7.71. The number of rotatable bonds is 10. The van der Waals surface area contributed by atoms with Crippen LogP contribution in [0.5, 0.6) is 5.75 Å². The highest BCUT2D eigenvalue weighted by Gasteiger charge is 2.17. The fourth-order valence-corrected chi connectivity index (χ4v) is 4.73. The number of aromatic amines is 1. The van der Waals surface area contributed by atoms with Gasteiger partial charge < -0.3 is 14.2 Å². The van der Waals surface area contributed by atoms with Crippen molar-refractivity contribution < 1.29 is 9.53 Å². The predicted octanol–water partition coefficient (Wildman–Crippen LogP) is 4.33. The molecule has 7 nitrogen and oxygen atoms in total. The maximum atomic E-state index is 13.2. The van der Waals surface area contributed by atoms with Gasteiger partial charge in [-0.2, -0.15) is 0 Å². The molecule has 0 aliphatic carbocycles. The van der Waals surface area contributed by atoms with Gasteiger partial charge >= 0.3 is 0 Å². The maximum absolute atomic E-state index is 13.2. The molecule has 0 fully saturated rings. The molecule has 5 rings (SSSR count). The second-order valence-electron chi connectivity index (χ2n) is 9.36. The summed E-state index contributed by atoms with van der Waals surface area (Å²) in [5.74, 6) is 0.682. The summed E-state index contributed by atoms with van der Waals surface area (Å²) >= 11 is 6.45. The molecule has 1 N–H and O–H groups in total. The van der Waals surface area contributed by atoms with Crippen LogP contribution in [0.15, 0.2) is 82.6 Å². The standard InChI is InChI=1S/C30H29ClN4O3/c1-21-29(37)33-30-32-26-17-25(31)27(16-24(26)20-35(21)30)38-15-9-8-14-28(36)34(18-22-10-4-2-5-11-22)19-23-12-6-3-7-13-23/h2-7,10-13,16-17H,1,8-9,14-15,18-20H2,(H,32,33,37). The number of unbranched alkanes of at least 4 members (excludes halogenated alkanes) is 1. The fraction of sp³-hybridized carbons (Fsp3) is 0.233. The minimum absolute atomic E-state index is 0.118. The number of carbonyl (C=O) groups is 1. The average molecular weight is 529 g/mol. The lowest BCUT2D eigenvalue weighted by Gasteiger charge is -2.23. The van der Waals surface area contributed by atoms with E-state index >= 15 is 0 Å². The molecule has 1 aromatic heterocycles. The highest BCUT2D eigenvalue weighted by Crippen LogP contribution is 2.34. The van der Waals surface area contributed by atoms with E-state index in [0.29, 0.717) is 72.9 Å². The molecule has 8 heteroatoms. The van der Waals surface area contributed by atoms with E-state index in [2.05, 4.69) is 16.6 Å². The van der Waals surface area contributed by atoms with Gasteiger partial charge in [0.1, 0.15) is 11.1 Å². The first-order chi connectivity index (χ1) is 18.5. The van der Waals surface area contributed by atoms with Gasteiger partial charge in [0.2, 0.25) is 11.5 Å². The molecule has 0 saturated heterocycles. The Balaban J connectivity index is 1.16. The summed E-state index contributed by atoms with van der Waals surface area (Å²) in [4.78, 5) is 34.1. The Kier molecular flexibility index (Phi) is 7.75. The van der Waals surface area contributed by atoms with Crippen molar-refractivity contribution >= 4 is 29.8 Å². The van der Waals surface area contributed by atoms with Gasteiger partial charge in [-0.15, -0.1) is 0 Å². The van der Waals surface area contributed by atoms with Crippen molar-refractivity contribution in [3.8, 4) is 5.75 Å². The maximum Gasteiger partial charge on any atom is 0.274 e. The van der Waals surface area contributed by atoms with Gasteiger partial charge in [-0.25, -0.2) is 4.99 Å². The second-order valence-corrected chi connectivity index (χ2v) is 9.77. The molecular formula is C30H29ClN4O3. The van der Waals surface area contributed by atoms with E-state index in [0.717, 1.165) is 16.7 Å². The number of H-pyrrole nitrogens is 1. The van der Waals surface area contributed by atoms with Crippen LogP contribution in [0.3, 0.4) is 0 Å². The molecule has 0 atom stereocenters. The van der Waals surface area contributed by atoms with Gasteiger partial charge in [-0.3, -0.25) is 14.6 Å². The zero-order chi connectivity index (χ0) is 26.5. The minimum atomic E-state index is -0.250. The third-order valence-electron chi connectivity index (χ3n) is 6.58. The number of aromatic nitrogens is 2. The zero-order valence-corrected chi connectivity index (χ0v) is 21.8. The lowest BCUT2D eigenvalue weighted by molar-refractivity contribution is -0.132. The molecular weight excluding hydrogens is 500 g/mol. The Morgan fingerprint density at radius 2 is 1.68 bits per heavy atom. The summed E-state index contributed by atoms with van der Waals surface area (Å²) in [6.07, 6.45) is 1.86. The van der Waals surface area contributed by atoms with Crippen molar-refractivity contribution in [3.05, 3.63) is 116 Å². The molecule has 3 aromatic carbocycles. The number of nitrogens with zero attached hydrogens (tertiary/aromatic N) is 3. The van der Waals surface area contributed by atoms with Crippen LogP contribution in [-0.4, -0.2) is 27.0 Å². The highest BCUT2D eigenvalue weighted by molar-refractivity contribution is 6.32. The van der Waals surface area contributed by atoms with Crippen LogP contribution in [0.4, 0.5) is 5.69 Å². The van der Waals surface area contributed by atoms with Gasteiger partial charge in [0.05, 0.1) is 23.9 Å². The molecule has 0 radical (unpaired) electrons. The smallest absolute Gasteiger partial charge is 0.274 e. The molecule has 194 valence electrons. The van der Waals surface area contributed by atoms with Crippen molar-refractivity contribution in [2.24, 2.45) is 4.99 Å². The van der Waals surface area contributed by atoms with Crippen LogP contribution in [0.1, 0.15) is 36.0 Å². The van der Waals surface area contributed by atoms with E-state index < -0.39 is 0 Å². The largest absolute Gasteiger partial charge is 0.492 e. The molecule has 38 heavy (non-hydrogen) atoms. The van der Waals surface area contributed by atoms with E-state index in [1.54, 1.807) is 10.6 Å². The molecule has 0 bridgehead atoms. The first-order valence-corrected chi connectivity index (χ1v) is 13.0. The van der Waals surface area contributed by atoms with Gasteiger partial charge in [0.25, 0.3) is 5.56 Å². The Bertz CT molecular complexity index is 1550. The number of carbonyl (C=O) groups excluding carboxylic acids is 1. The molecule has 1 amide bonds. The number of halogens is 1. The number of hydrogen-bond acceptors (Lipinski definition) is 4. The first kappa shape index (κ1) is 25.5. The van der Waals surface area contributed by atoms with Crippen LogP contribution in [0, 0.1) is 0 Å². The molecule has 1 aliphatic rings. The SMILES string of the molecule is C=c1c(=O)[nH]c2n1Cc1cc(OCCCCC(=O)N(Cc3ccccc3)Cc3ccccc3)c(Cl)cc1N=2. The number of fused-ring (bicyclic) bond motifs is 2. The van der Waals surface area contributed by atoms with Crippen LogP contribution >= 0.6 is 11.6 Å². The zero-order valence-electron chi connectivity index (χ0n) is 21.0. The Labute approximate surface area is 225 Å². The Morgan fingerprint density at radius 1 is 1.03 bits per heavy atom. The van der Waals surface area contributed by atoms with Crippen molar-refractivity contribution in [2.45, 2.75) is 38.9 Å². The quantitative estimate of drug-likeness (QED) is 0.274. The van der Waals surface area contributed by atoms with Gasteiger partial charge in [-0.1, -0.05) is 78.8 Å². The summed E-state index contributed by atoms with van der Waals surface area (Å²) in [7, 11) is 0. The third kappa shape index (κ3) is 5.89. The van der Waals surface area contributed by atoms with E-state index in [-0.39, 0.29) is 11.5 Å². The summed E-state index contributed by atoms with van der Waals surface area (Å²) in [5.41, 5.74) is 4.03. The highest BCUT2D eigenvalue weighted by atomic mass is 35.5. The van der Waals surface area contributed by atoms with E-state index in [1.807, 2.05) is 71.6 Å². The first-order valence-electron chi connectivity index (χ1n) is 12.7. The number of nitrogens with one attached hydrogen (secondary N) is 1. The lowest BCUT2D eigenvalue weighted by atomic mass is 10.1. The van der Waals surface area contributed by atoms with E-state index in [9.17, 15) is 9.59 Å². The number of amides is 1. The Morgan fingerprint density at radius 3 is 2.34 bits per heavy atom. The summed E-state index contributed by atoms with van der Waals surface area (Å²) in [6, 6.07) is 23.7. The predicted molar refractivity (Wildman–Crippen MR) is 148 cm³/mol. The molecule has 0 unspecified atom stereocenters. The summed E-state index contributed by atoms with van der Waals surface area (Å²) in [5, 5.41) is 0.822. The van der Waals surface area contributed by atoms with Gasteiger partial charge in [-0.05, 0) is 36.1 Å². The molecule has 4 aromatic rings. The van der Waals surface area contributed by atoms with Crippen LogP contribution < -0.4 is 21.3 Å². The van der Waals surface area contributed by atoms with Crippen molar-refractivity contribution in [1.82, 2.24) is 14.5 Å². The van der Waals surface area contributed by atoms with Crippen LogP contribution in [-0.2, 0) is 24.4 Å². The number of imidazole rings is 1. The van der Waals surface area contributed by atoms with Crippen LogP contribution in [0.25, 0.3) is 6.58 Å². The van der Waals surface area contributed by atoms with E-state index in [4.69, 9.17) is 16.3 Å². The average Bonchev–Trinajstić information content (AvgIpc) is 3.20. The van der Waals surface area contributed by atoms with E-state index in [1.165, 1.54) is 0 Å². The normalized spacial score (nSPS) is 11.8. The van der Waals surface area contributed by atoms with Crippen LogP contribution in [0.2, 0.25) is 5.02 Å². The van der Waals surface area contributed by atoms with Gasteiger partial charge in [0, 0.05) is 25.1 Å². The molecule has 0 saturated carbocycles. The third-order valence-corrected chi connectivity index (χ3v) is 6.88. The molecule has 2 heterocycles.